The summed E-state index contributed by atoms with van der Waals surface area (Å²) < 4.78 is 31.6. The first-order valence-electron chi connectivity index (χ1n) is 7.88. The van der Waals surface area contributed by atoms with E-state index in [1.807, 2.05) is 35.0 Å². The maximum absolute atomic E-state index is 11.8. The van der Waals surface area contributed by atoms with Crippen molar-refractivity contribution >= 4 is 21.4 Å². The third-order valence-electron chi connectivity index (χ3n) is 3.72. The maximum atomic E-state index is 11.8. The van der Waals surface area contributed by atoms with Gasteiger partial charge >= 0.3 is 0 Å². The number of thiophene rings is 1. The van der Waals surface area contributed by atoms with Crippen LogP contribution >= 0.6 is 11.3 Å². The van der Waals surface area contributed by atoms with Gasteiger partial charge in [0.1, 0.15) is 15.7 Å². The topological polar surface area (TPSA) is 87.2 Å². The van der Waals surface area contributed by atoms with Crippen LogP contribution in [0.2, 0.25) is 0 Å². The number of ether oxygens (including phenoxy) is 1. The first-order chi connectivity index (χ1) is 12.0. The van der Waals surface area contributed by atoms with Gasteiger partial charge in [0.2, 0.25) is 10.0 Å². The molecule has 0 spiro atoms. The number of unbranched alkanes of at least 4 members (excludes halogenated alkanes) is 1. The molecule has 0 aliphatic carbocycles. The molecule has 0 saturated heterocycles. The molecule has 0 unspecified atom stereocenters. The van der Waals surface area contributed by atoms with Gasteiger partial charge in [0, 0.05) is 29.0 Å². The van der Waals surface area contributed by atoms with Crippen molar-refractivity contribution in [2.24, 2.45) is 5.14 Å². The second kappa shape index (κ2) is 7.38. The molecule has 0 fully saturated rings. The Morgan fingerprint density at radius 2 is 2.04 bits per heavy atom. The van der Waals surface area contributed by atoms with E-state index in [0.29, 0.717) is 23.5 Å². The van der Waals surface area contributed by atoms with E-state index in [1.165, 1.54) is 0 Å². The normalized spacial score (nSPS) is 11.6. The number of benzene rings is 1. The molecule has 2 aromatic heterocycles. The van der Waals surface area contributed by atoms with Crippen LogP contribution in [0.25, 0.3) is 5.69 Å². The quantitative estimate of drug-likeness (QED) is 0.680. The second-order valence-corrected chi connectivity index (χ2v) is 8.22. The highest BCUT2D eigenvalue weighted by Gasteiger charge is 2.21. The summed E-state index contributed by atoms with van der Waals surface area (Å²) in [5.41, 5.74) is 1.62. The molecule has 0 saturated carbocycles. The molecule has 0 aliphatic heterocycles. The zero-order chi connectivity index (χ0) is 17.9. The van der Waals surface area contributed by atoms with Gasteiger partial charge in [0.05, 0.1) is 6.33 Å². The minimum Gasteiger partial charge on any atom is -0.456 e. The molecule has 2 heterocycles. The van der Waals surface area contributed by atoms with Gasteiger partial charge in [0.15, 0.2) is 0 Å². The molecule has 2 N–H and O–H groups in total. The van der Waals surface area contributed by atoms with Crippen LogP contribution in [0.1, 0.15) is 25.3 Å². The minimum absolute atomic E-state index is 0.186. The van der Waals surface area contributed by atoms with Crippen LogP contribution in [0.3, 0.4) is 0 Å². The van der Waals surface area contributed by atoms with E-state index in [4.69, 9.17) is 9.88 Å². The van der Waals surface area contributed by atoms with Crippen LogP contribution in [0.4, 0.5) is 0 Å². The predicted octanol–water partition coefficient (Wildman–Crippen LogP) is 3.72. The number of primary sulfonamides is 1. The number of rotatable bonds is 7. The highest BCUT2D eigenvalue weighted by atomic mass is 32.2. The fourth-order valence-corrected chi connectivity index (χ4v) is 4.45. The lowest BCUT2D eigenvalue weighted by Crippen LogP contribution is -2.12. The first-order valence-corrected chi connectivity index (χ1v) is 10.3. The van der Waals surface area contributed by atoms with Gasteiger partial charge in [-0.25, -0.2) is 18.5 Å². The van der Waals surface area contributed by atoms with Gasteiger partial charge in [-0.3, -0.25) is 0 Å². The van der Waals surface area contributed by atoms with Crippen molar-refractivity contribution in [3.63, 3.8) is 0 Å². The van der Waals surface area contributed by atoms with Crippen LogP contribution < -0.4 is 9.88 Å². The molecule has 8 heteroatoms. The molecular formula is C17H19N3O3S2. The third kappa shape index (κ3) is 4.09. The molecule has 0 atom stereocenters. The average Bonchev–Trinajstić information content (AvgIpc) is 3.23. The molecular weight excluding hydrogens is 358 g/mol. The van der Waals surface area contributed by atoms with Crippen molar-refractivity contribution in [3.8, 4) is 17.2 Å². The minimum atomic E-state index is -3.74. The zero-order valence-corrected chi connectivity index (χ0v) is 15.4. The van der Waals surface area contributed by atoms with Crippen molar-refractivity contribution in [2.45, 2.75) is 30.4 Å². The Bertz CT molecular complexity index is 930. The van der Waals surface area contributed by atoms with E-state index >= 15 is 0 Å². The van der Waals surface area contributed by atoms with Gasteiger partial charge < -0.3 is 9.30 Å². The molecule has 3 rings (SSSR count). The molecule has 0 aliphatic rings. The van der Waals surface area contributed by atoms with E-state index in [0.717, 1.165) is 29.9 Å². The van der Waals surface area contributed by atoms with Crippen LogP contribution in [-0.2, 0) is 16.4 Å². The highest BCUT2D eigenvalue weighted by Crippen LogP contribution is 2.36. The van der Waals surface area contributed by atoms with Gasteiger partial charge in [-0.15, -0.1) is 11.3 Å². The Morgan fingerprint density at radius 3 is 2.64 bits per heavy atom. The fraction of sp³-hybridized carbons (Fsp3) is 0.235. The average molecular weight is 377 g/mol. The number of sulfonamides is 1. The number of imidazole rings is 1. The monoisotopic (exact) mass is 377 g/mol. The summed E-state index contributed by atoms with van der Waals surface area (Å²) in [6.45, 7) is 2.05. The van der Waals surface area contributed by atoms with E-state index in [2.05, 4.69) is 11.9 Å². The van der Waals surface area contributed by atoms with Crippen molar-refractivity contribution in [1.82, 2.24) is 9.55 Å². The molecule has 132 valence electrons. The highest BCUT2D eigenvalue weighted by molar-refractivity contribution is 7.91. The summed E-state index contributed by atoms with van der Waals surface area (Å²) in [5.74, 6) is 1.19. The van der Waals surface area contributed by atoms with Crippen molar-refractivity contribution < 1.29 is 13.2 Å². The molecule has 6 nitrogen and oxygen atoms in total. The van der Waals surface area contributed by atoms with E-state index in [9.17, 15) is 8.42 Å². The summed E-state index contributed by atoms with van der Waals surface area (Å²) in [5, 5.41) is 7.03. The number of aromatic nitrogens is 2. The Kier molecular flexibility index (Phi) is 5.22. The van der Waals surface area contributed by atoms with Crippen LogP contribution in [0, 0.1) is 0 Å². The Hall–Kier alpha value is -2.16. The number of hydrogen-bond acceptors (Lipinski definition) is 5. The number of hydrogen-bond donors (Lipinski definition) is 1. The smallest absolute Gasteiger partial charge is 0.247 e. The SMILES string of the molecule is CCCCc1c(Oc2ccc(-n3ccnc3)cc2)csc1S(N)(=O)=O. The van der Waals surface area contributed by atoms with E-state index in [-0.39, 0.29) is 4.21 Å². The predicted molar refractivity (Wildman–Crippen MR) is 97.9 cm³/mol. The Balaban J connectivity index is 1.86. The van der Waals surface area contributed by atoms with Crippen LogP contribution in [0.15, 0.2) is 52.6 Å². The molecule has 3 aromatic rings. The summed E-state index contributed by atoms with van der Waals surface area (Å²) in [6.07, 6.45) is 7.73. The lowest BCUT2D eigenvalue weighted by Gasteiger charge is -2.09. The molecule has 0 amide bonds. The van der Waals surface area contributed by atoms with Crippen molar-refractivity contribution in [1.29, 1.82) is 0 Å². The van der Waals surface area contributed by atoms with Crippen molar-refractivity contribution in [3.05, 3.63) is 53.9 Å². The van der Waals surface area contributed by atoms with E-state index < -0.39 is 10.0 Å². The van der Waals surface area contributed by atoms with Gasteiger partial charge in [-0.1, -0.05) is 13.3 Å². The Labute approximate surface area is 150 Å². The second-order valence-electron chi connectivity index (χ2n) is 5.58. The molecule has 25 heavy (non-hydrogen) atoms. The lowest BCUT2D eigenvalue weighted by molar-refractivity contribution is 0.475. The number of nitrogens with zero attached hydrogens (tertiary/aromatic N) is 2. The van der Waals surface area contributed by atoms with Crippen molar-refractivity contribution in [2.75, 3.05) is 0 Å². The van der Waals surface area contributed by atoms with Gasteiger partial charge in [-0.2, -0.15) is 0 Å². The summed E-state index contributed by atoms with van der Waals surface area (Å²) in [4.78, 5) is 4.02. The fourth-order valence-electron chi connectivity index (χ4n) is 2.48. The maximum Gasteiger partial charge on any atom is 0.247 e. The Morgan fingerprint density at radius 1 is 1.28 bits per heavy atom. The third-order valence-corrected chi connectivity index (χ3v) is 6.26. The van der Waals surface area contributed by atoms with E-state index in [1.54, 1.807) is 17.9 Å². The molecule has 0 radical (unpaired) electrons. The van der Waals surface area contributed by atoms with Gasteiger partial charge in [-0.05, 0) is 37.1 Å². The zero-order valence-electron chi connectivity index (χ0n) is 13.8. The lowest BCUT2D eigenvalue weighted by atomic mass is 10.1. The summed E-state index contributed by atoms with van der Waals surface area (Å²) in [7, 11) is -3.74. The van der Waals surface area contributed by atoms with Gasteiger partial charge in [0.25, 0.3) is 0 Å². The van der Waals surface area contributed by atoms with Crippen LogP contribution in [0.5, 0.6) is 11.5 Å². The summed E-state index contributed by atoms with van der Waals surface area (Å²) >= 11 is 1.10. The summed E-state index contributed by atoms with van der Waals surface area (Å²) in [6, 6.07) is 7.51. The largest absolute Gasteiger partial charge is 0.456 e. The molecule has 0 bridgehead atoms. The first kappa shape index (κ1) is 17.7. The number of nitrogens with two attached hydrogens (primary N) is 1. The van der Waals surface area contributed by atoms with Crippen LogP contribution in [-0.4, -0.2) is 18.0 Å². The standard InChI is InChI=1S/C17H19N3O3S2/c1-2-3-4-15-16(11-24-17(15)25(18,21)22)23-14-7-5-13(6-8-14)20-10-9-19-12-20/h5-12H,2-4H2,1H3,(H2,18,21,22). The molecule has 1 aromatic carbocycles.